The molecule has 2 aromatic carbocycles. The van der Waals surface area contributed by atoms with E-state index in [1.807, 2.05) is 31.2 Å². The van der Waals surface area contributed by atoms with Crippen molar-refractivity contribution in [1.82, 2.24) is 14.8 Å². The van der Waals surface area contributed by atoms with Crippen LogP contribution in [0.15, 0.2) is 60.3 Å². The summed E-state index contributed by atoms with van der Waals surface area (Å²) in [7, 11) is 0. The van der Waals surface area contributed by atoms with Crippen LogP contribution in [0.5, 0.6) is 0 Å². The molecule has 3 rings (SSSR count). The molecule has 0 saturated carbocycles. The Morgan fingerprint density at radius 3 is 2.28 bits per heavy atom. The van der Waals surface area contributed by atoms with Gasteiger partial charge in [0.2, 0.25) is 0 Å². The second-order valence-corrected chi connectivity index (χ2v) is 6.34. The van der Waals surface area contributed by atoms with Crippen LogP contribution in [0, 0.1) is 6.92 Å². The summed E-state index contributed by atoms with van der Waals surface area (Å²) >= 11 is 17.4. The Morgan fingerprint density at radius 2 is 1.76 bits per heavy atom. The molecule has 5 nitrogen and oxygen atoms in total. The molecule has 0 atom stereocenters. The van der Waals surface area contributed by atoms with E-state index in [4.69, 9.17) is 40.0 Å². The number of oxime groups is 1. The Balaban J connectivity index is 0.000000236. The number of benzene rings is 2. The highest BCUT2D eigenvalue weighted by Crippen LogP contribution is 2.22. The lowest BCUT2D eigenvalue weighted by molar-refractivity contribution is 0.317. The van der Waals surface area contributed by atoms with Crippen LogP contribution in [-0.4, -0.2) is 25.7 Å². The molecule has 0 unspecified atom stereocenters. The molecule has 0 aliphatic heterocycles. The maximum absolute atomic E-state index is 9.01. The van der Waals surface area contributed by atoms with Crippen molar-refractivity contribution in [2.45, 2.75) is 13.5 Å². The zero-order chi connectivity index (χ0) is 18.2. The minimum Gasteiger partial charge on any atom is -0.411 e. The van der Waals surface area contributed by atoms with Crippen LogP contribution in [0.1, 0.15) is 11.1 Å². The summed E-state index contributed by atoms with van der Waals surface area (Å²) in [6, 6.07) is 12.7. The van der Waals surface area contributed by atoms with Crippen LogP contribution in [-0.2, 0) is 6.54 Å². The van der Waals surface area contributed by atoms with Gasteiger partial charge in [-0.2, -0.15) is 5.10 Å². The number of aromatic nitrogens is 3. The number of halogens is 3. The lowest BCUT2D eigenvalue weighted by atomic mass is 10.1. The maximum atomic E-state index is 9.01. The molecular formula is C17H15Cl3N4O. The average Bonchev–Trinajstić information content (AvgIpc) is 3.10. The molecule has 1 N–H and O–H groups in total. The topological polar surface area (TPSA) is 63.3 Å². The molecule has 0 bridgehead atoms. The van der Waals surface area contributed by atoms with E-state index >= 15 is 0 Å². The zero-order valence-electron chi connectivity index (χ0n) is 13.3. The molecule has 0 fully saturated rings. The smallest absolute Gasteiger partial charge is 0.137 e. The molecule has 25 heavy (non-hydrogen) atoms. The predicted octanol–water partition coefficient (Wildman–Crippen LogP) is 5.11. The first kappa shape index (κ1) is 19.2. The van der Waals surface area contributed by atoms with E-state index in [1.165, 1.54) is 22.9 Å². The first-order valence-corrected chi connectivity index (χ1v) is 8.34. The van der Waals surface area contributed by atoms with Gasteiger partial charge in [0, 0.05) is 15.6 Å². The van der Waals surface area contributed by atoms with Gasteiger partial charge in [-0.3, -0.25) is 0 Å². The van der Waals surface area contributed by atoms with Crippen LogP contribution in [0.4, 0.5) is 0 Å². The minimum atomic E-state index is 0.276. The second-order valence-electron chi connectivity index (χ2n) is 5.06. The fraction of sp³-hybridized carbons (Fsp3) is 0.118. The zero-order valence-corrected chi connectivity index (χ0v) is 15.5. The first-order valence-electron chi connectivity index (χ1n) is 7.20. The summed E-state index contributed by atoms with van der Waals surface area (Å²) in [4.78, 5) is 3.80. The largest absolute Gasteiger partial charge is 0.411 e. The van der Waals surface area contributed by atoms with Gasteiger partial charge in [0.25, 0.3) is 0 Å². The summed E-state index contributed by atoms with van der Waals surface area (Å²) in [6.45, 7) is 2.31. The molecule has 0 aliphatic carbocycles. The normalized spacial score (nSPS) is 11.0. The maximum Gasteiger partial charge on any atom is 0.137 e. The van der Waals surface area contributed by atoms with Crippen molar-refractivity contribution < 1.29 is 5.21 Å². The average molecular weight is 398 g/mol. The van der Waals surface area contributed by atoms with Crippen molar-refractivity contribution in [3.05, 3.63) is 81.3 Å². The summed E-state index contributed by atoms with van der Waals surface area (Å²) < 4.78 is 1.53. The van der Waals surface area contributed by atoms with E-state index < -0.39 is 0 Å². The summed E-state index contributed by atoms with van der Waals surface area (Å²) in [5.74, 6) is 0. The molecule has 0 saturated heterocycles. The molecule has 0 amide bonds. The number of nitrogens with zero attached hydrogens (tertiary/aromatic N) is 4. The van der Waals surface area contributed by atoms with Gasteiger partial charge in [0.1, 0.15) is 18.4 Å². The highest BCUT2D eigenvalue weighted by Gasteiger charge is 2.10. The fourth-order valence-electron chi connectivity index (χ4n) is 1.90. The molecule has 8 heteroatoms. The van der Waals surface area contributed by atoms with Crippen LogP contribution in [0.3, 0.4) is 0 Å². The van der Waals surface area contributed by atoms with E-state index in [9.17, 15) is 0 Å². The molecule has 0 spiro atoms. The van der Waals surface area contributed by atoms with Crippen LogP contribution < -0.4 is 0 Å². The quantitative estimate of drug-likeness (QED) is 0.379. The molecule has 130 valence electrons. The van der Waals surface area contributed by atoms with E-state index in [0.29, 0.717) is 21.3 Å². The molecule has 0 radical (unpaired) electrons. The third-order valence-electron chi connectivity index (χ3n) is 3.15. The highest BCUT2D eigenvalue weighted by atomic mass is 35.5. The first-order chi connectivity index (χ1) is 12.0. The van der Waals surface area contributed by atoms with E-state index in [0.717, 1.165) is 5.02 Å². The Bertz CT molecular complexity index is 813. The second kappa shape index (κ2) is 9.42. The van der Waals surface area contributed by atoms with Crippen molar-refractivity contribution in [2.75, 3.05) is 0 Å². The third-order valence-corrected chi connectivity index (χ3v) is 3.95. The summed E-state index contributed by atoms with van der Waals surface area (Å²) in [5, 5.41) is 17.9. The van der Waals surface area contributed by atoms with Crippen LogP contribution in [0.2, 0.25) is 15.1 Å². The van der Waals surface area contributed by atoms with Crippen molar-refractivity contribution in [3.63, 3.8) is 0 Å². The highest BCUT2D eigenvalue weighted by molar-refractivity contribution is 6.37. The van der Waals surface area contributed by atoms with Gasteiger partial charge in [-0.15, -0.1) is 0 Å². The van der Waals surface area contributed by atoms with Crippen molar-refractivity contribution in [3.8, 4) is 0 Å². The Hall–Kier alpha value is -2.08. The molecule has 0 aliphatic rings. The summed E-state index contributed by atoms with van der Waals surface area (Å²) in [6.07, 6.45) is 2.92. The van der Waals surface area contributed by atoms with Crippen molar-refractivity contribution in [1.29, 1.82) is 0 Å². The lowest BCUT2D eigenvalue weighted by Crippen LogP contribution is -2.12. The third kappa shape index (κ3) is 6.05. The molecule has 1 aromatic heterocycles. The van der Waals surface area contributed by atoms with E-state index in [2.05, 4.69) is 15.2 Å². The monoisotopic (exact) mass is 396 g/mol. The predicted molar refractivity (Wildman–Crippen MR) is 101 cm³/mol. The number of rotatable bonds is 3. The Kier molecular flexibility index (Phi) is 7.25. The molecule has 1 heterocycles. The van der Waals surface area contributed by atoms with E-state index in [-0.39, 0.29) is 6.54 Å². The number of hydrogen-bond acceptors (Lipinski definition) is 4. The molecular weight excluding hydrogens is 383 g/mol. The molecule has 3 aromatic rings. The Morgan fingerprint density at radius 1 is 1.08 bits per heavy atom. The van der Waals surface area contributed by atoms with Gasteiger partial charge in [-0.1, -0.05) is 57.7 Å². The summed E-state index contributed by atoms with van der Waals surface area (Å²) in [5.41, 5.74) is 2.24. The van der Waals surface area contributed by atoms with Gasteiger partial charge < -0.3 is 5.21 Å². The van der Waals surface area contributed by atoms with Gasteiger partial charge in [-0.05, 0) is 37.3 Å². The van der Waals surface area contributed by atoms with Crippen LogP contribution in [0.25, 0.3) is 0 Å². The Labute approximate surface area is 160 Å². The van der Waals surface area contributed by atoms with Crippen molar-refractivity contribution in [2.24, 2.45) is 5.16 Å². The lowest BCUT2D eigenvalue weighted by Gasteiger charge is -2.06. The van der Waals surface area contributed by atoms with Gasteiger partial charge >= 0.3 is 0 Å². The van der Waals surface area contributed by atoms with Gasteiger partial charge in [-0.25, -0.2) is 9.67 Å². The van der Waals surface area contributed by atoms with E-state index in [1.54, 1.807) is 18.2 Å². The SMILES string of the molecule is Cc1ccc(Cl)cc1.ON=C(Cn1cncn1)c1ccc(Cl)cc1Cl. The van der Waals surface area contributed by atoms with Crippen LogP contribution >= 0.6 is 34.8 Å². The number of aryl methyl sites for hydroxylation is 1. The standard InChI is InChI=1S/C10H8Cl2N4O.C7H7Cl/c11-7-1-2-8(9(12)3-7)10(15-17)4-16-6-13-5-14-16;1-6-2-4-7(8)5-3-6/h1-3,5-6,17H,4H2;2-5H,1H3. The number of hydrogen-bond donors (Lipinski definition) is 1. The van der Waals surface area contributed by atoms with Gasteiger partial charge in [0.05, 0.1) is 11.6 Å². The van der Waals surface area contributed by atoms with Gasteiger partial charge in [0.15, 0.2) is 0 Å². The fourth-order valence-corrected chi connectivity index (χ4v) is 2.54. The minimum absolute atomic E-state index is 0.276. The van der Waals surface area contributed by atoms with Crippen molar-refractivity contribution >= 4 is 40.5 Å².